The molecule has 0 unspecified atom stereocenters. The number of hydrogen-bond acceptors (Lipinski definition) is 10. The predicted octanol–water partition coefficient (Wildman–Crippen LogP) is 1.74. The van der Waals surface area contributed by atoms with Crippen molar-refractivity contribution in [2.75, 3.05) is 25.5 Å². The minimum absolute atomic E-state index is 0.0137. The summed E-state index contributed by atoms with van der Waals surface area (Å²) in [5, 5.41) is 9.15. The smallest absolute Gasteiger partial charge is 0.353 e. The van der Waals surface area contributed by atoms with Gasteiger partial charge in [-0.15, -0.1) is 0 Å². The Bertz CT molecular complexity index is 1580. The predicted molar refractivity (Wildman–Crippen MR) is 141 cm³/mol. The second kappa shape index (κ2) is 12.0. The number of nitroso groups, excluding NO2 is 2. The number of rotatable bonds is 10. The van der Waals surface area contributed by atoms with Crippen LogP contribution in [0.4, 0.5) is 5.69 Å². The molecule has 0 aliphatic carbocycles. The zero-order chi connectivity index (χ0) is 27.1. The maximum atomic E-state index is 13.2. The molecule has 0 bridgehead atoms. The fraction of sp³-hybridized carbons (Fsp3) is 0.208. The maximum absolute atomic E-state index is 13.2. The van der Waals surface area contributed by atoms with Crippen LogP contribution in [0.15, 0.2) is 97.1 Å². The quantitative estimate of drug-likeness (QED) is 0.293. The Hall–Kier alpha value is -4.78. The van der Waals surface area contributed by atoms with Gasteiger partial charge in [-0.3, -0.25) is 4.57 Å². The van der Waals surface area contributed by atoms with E-state index < -0.39 is 11.4 Å². The molecule has 2 aromatic carbocycles. The van der Waals surface area contributed by atoms with Crippen molar-refractivity contribution in [3.05, 3.63) is 119 Å². The Morgan fingerprint density at radius 2 is 1.71 bits per heavy atom. The minimum atomic E-state index is -0.838. The van der Waals surface area contributed by atoms with Gasteiger partial charge in [-0.05, 0) is 48.0 Å². The Labute approximate surface area is 220 Å². The van der Waals surface area contributed by atoms with Crippen molar-refractivity contribution in [1.29, 1.82) is 0 Å². The van der Waals surface area contributed by atoms with Gasteiger partial charge in [-0.1, -0.05) is 34.1 Å². The lowest BCUT2D eigenvalue weighted by atomic mass is 10.2. The highest BCUT2D eigenvalue weighted by atomic mass is 35.5. The average molecular weight is 539 g/mol. The molecule has 0 saturated carbocycles. The van der Waals surface area contributed by atoms with Crippen LogP contribution < -0.4 is 32.9 Å². The van der Waals surface area contributed by atoms with Crippen molar-refractivity contribution in [2.45, 2.75) is 13.1 Å². The van der Waals surface area contributed by atoms with E-state index in [1.165, 1.54) is 4.57 Å². The number of benzene rings is 2. The zero-order valence-corrected chi connectivity index (χ0v) is 20.7. The van der Waals surface area contributed by atoms with Crippen molar-refractivity contribution in [3.63, 3.8) is 0 Å². The van der Waals surface area contributed by atoms with E-state index in [1.54, 1.807) is 54.6 Å². The molecule has 2 heterocycles. The topological polar surface area (TPSA) is 167 Å². The van der Waals surface area contributed by atoms with Crippen LogP contribution in [-0.2, 0) is 13.1 Å². The van der Waals surface area contributed by atoms with Gasteiger partial charge in [-0.2, -0.15) is 14.5 Å². The average Bonchev–Trinajstić information content (AvgIpc) is 2.92. The third kappa shape index (κ3) is 6.13. The van der Waals surface area contributed by atoms with Gasteiger partial charge in [0.15, 0.2) is 0 Å². The number of nitrogens with two attached hydrogens (primary N) is 1. The molecule has 1 aromatic heterocycles. The highest BCUT2D eigenvalue weighted by Crippen LogP contribution is 2.21. The number of allylic oxidation sites excluding steroid dienone is 1. The van der Waals surface area contributed by atoms with Crippen LogP contribution in [0.2, 0.25) is 5.02 Å². The van der Waals surface area contributed by atoms with Crippen molar-refractivity contribution in [2.24, 2.45) is 15.3 Å². The largest absolute Gasteiger partial charge is 0.458 e. The van der Waals surface area contributed by atoms with E-state index in [-0.39, 0.29) is 31.8 Å². The molecule has 3 N–H and O–H groups in total. The van der Waals surface area contributed by atoms with E-state index >= 15 is 0 Å². The first kappa shape index (κ1) is 26.3. The SMILES string of the molecule is Nn1c(=O)n(CCN=O)c(=O)n(Cc2ccc(Cl)cc2)c1=Nc1ccc(OC2=CCNC(CN=O)=C2)cc1. The van der Waals surface area contributed by atoms with Gasteiger partial charge in [0.05, 0.1) is 25.3 Å². The first-order valence-electron chi connectivity index (χ1n) is 11.4. The van der Waals surface area contributed by atoms with E-state index in [2.05, 4.69) is 20.7 Å². The molecule has 0 spiro atoms. The molecule has 0 saturated heterocycles. The molecule has 1 aliphatic heterocycles. The molecule has 1 aliphatic rings. The van der Waals surface area contributed by atoms with Crippen molar-refractivity contribution in [1.82, 2.24) is 19.1 Å². The van der Waals surface area contributed by atoms with Gasteiger partial charge in [0.25, 0.3) is 0 Å². The van der Waals surface area contributed by atoms with Gasteiger partial charge in [0, 0.05) is 23.3 Å². The van der Waals surface area contributed by atoms with Crippen LogP contribution in [0.5, 0.6) is 5.75 Å². The fourth-order valence-corrected chi connectivity index (χ4v) is 3.79. The Kier molecular flexibility index (Phi) is 8.28. The van der Waals surface area contributed by atoms with Gasteiger partial charge in [0.2, 0.25) is 5.62 Å². The summed E-state index contributed by atoms with van der Waals surface area (Å²) in [5.41, 5.74) is 0.119. The summed E-state index contributed by atoms with van der Waals surface area (Å²) in [7, 11) is 0. The number of hydrogen-bond donors (Lipinski definition) is 2. The lowest BCUT2D eigenvalue weighted by Crippen LogP contribution is -2.57. The maximum Gasteiger partial charge on any atom is 0.353 e. The van der Waals surface area contributed by atoms with E-state index in [9.17, 15) is 19.4 Å². The number of ether oxygens (including phenoxy) is 1. The molecular formula is C24H23ClN8O5. The van der Waals surface area contributed by atoms with Crippen LogP contribution in [0.1, 0.15) is 5.56 Å². The summed E-state index contributed by atoms with van der Waals surface area (Å²) >= 11 is 5.98. The van der Waals surface area contributed by atoms with Crippen LogP contribution >= 0.6 is 11.6 Å². The Balaban J connectivity index is 1.72. The number of nitrogens with zero attached hydrogens (tertiary/aromatic N) is 6. The van der Waals surface area contributed by atoms with Crippen LogP contribution in [-0.4, -0.2) is 33.4 Å². The Morgan fingerprint density at radius 3 is 2.39 bits per heavy atom. The highest BCUT2D eigenvalue weighted by molar-refractivity contribution is 6.30. The van der Waals surface area contributed by atoms with Gasteiger partial charge >= 0.3 is 11.4 Å². The zero-order valence-electron chi connectivity index (χ0n) is 20.0. The third-order valence-electron chi connectivity index (χ3n) is 5.51. The lowest BCUT2D eigenvalue weighted by Gasteiger charge is -2.15. The molecular weight excluding hydrogens is 516 g/mol. The standard InChI is InChI=1S/C24H23ClN8O5/c25-17-3-1-16(2-4-17)15-32-22(33(26)24(35)31(23(32)34)12-11-28-36)30-18-5-7-20(8-6-18)38-21-9-10-27-19(13-21)14-29-37/h1-9,13,27H,10-12,14-15,26H2. The van der Waals surface area contributed by atoms with Gasteiger partial charge in [-0.25, -0.2) is 19.1 Å². The number of dihydropyridines is 1. The minimum Gasteiger partial charge on any atom is -0.458 e. The fourth-order valence-electron chi connectivity index (χ4n) is 3.66. The number of aromatic nitrogens is 3. The van der Waals surface area contributed by atoms with Crippen molar-refractivity contribution < 1.29 is 4.74 Å². The molecule has 0 radical (unpaired) electrons. The molecule has 4 rings (SSSR count). The molecule has 38 heavy (non-hydrogen) atoms. The summed E-state index contributed by atoms with van der Waals surface area (Å²) in [6.45, 7) is 0.0487. The monoisotopic (exact) mass is 538 g/mol. The van der Waals surface area contributed by atoms with E-state index in [0.29, 0.717) is 40.0 Å². The van der Waals surface area contributed by atoms with Crippen LogP contribution in [0.25, 0.3) is 0 Å². The summed E-state index contributed by atoms with van der Waals surface area (Å²) < 4.78 is 8.65. The normalized spacial score (nSPS) is 13.3. The molecule has 0 atom stereocenters. The van der Waals surface area contributed by atoms with Gasteiger partial charge in [0.1, 0.15) is 18.1 Å². The molecule has 0 amide bonds. The summed E-state index contributed by atoms with van der Waals surface area (Å²) in [4.78, 5) is 51.7. The van der Waals surface area contributed by atoms with Crippen LogP contribution in [0.3, 0.4) is 0 Å². The number of halogens is 1. The second-order valence-electron chi connectivity index (χ2n) is 8.10. The lowest BCUT2D eigenvalue weighted by molar-refractivity contribution is 0.437. The van der Waals surface area contributed by atoms with E-state index in [1.807, 2.05) is 6.08 Å². The first-order chi connectivity index (χ1) is 18.4. The second-order valence-corrected chi connectivity index (χ2v) is 8.54. The molecule has 13 nitrogen and oxygen atoms in total. The molecule has 14 heteroatoms. The number of nitrogens with one attached hydrogen (secondary N) is 1. The third-order valence-corrected chi connectivity index (χ3v) is 5.76. The van der Waals surface area contributed by atoms with Crippen LogP contribution in [0, 0.1) is 9.81 Å². The Morgan fingerprint density at radius 1 is 0.974 bits per heavy atom. The summed E-state index contributed by atoms with van der Waals surface area (Å²) in [5.74, 6) is 7.12. The van der Waals surface area contributed by atoms with Gasteiger partial charge < -0.3 is 15.9 Å². The van der Waals surface area contributed by atoms with E-state index in [0.717, 1.165) is 9.24 Å². The van der Waals surface area contributed by atoms with Crippen molar-refractivity contribution >= 4 is 17.3 Å². The summed E-state index contributed by atoms with van der Waals surface area (Å²) in [6.07, 6.45) is 3.50. The molecule has 3 aromatic rings. The van der Waals surface area contributed by atoms with Crippen molar-refractivity contribution in [3.8, 4) is 5.75 Å². The molecule has 0 fully saturated rings. The highest BCUT2D eigenvalue weighted by Gasteiger charge is 2.14. The molecule has 196 valence electrons. The number of nitrogen functional groups attached to an aromatic ring is 1. The van der Waals surface area contributed by atoms with E-state index in [4.69, 9.17) is 22.2 Å². The first-order valence-corrected chi connectivity index (χ1v) is 11.8. The summed E-state index contributed by atoms with van der Waals surface area (Å²) in [6, 6.07) is 13.4.